The number of anilines is 1. The lowest BCUT2D eigenvalue weighted by molar-refractivity contribution is 0.589. The van der Waals surface area contributed by atoms with Gasteiger partial charge in [0.15, 0.2) is 0 Å². The lowest BCUT2D eigenvalue weighted by atomic mass is 10.2. The predicted molar refractivity (Wildman–Crippen MR) is 90.7 cm³/mol. The van der Waals surface area contributed by atoms with E-state index in [4.69, 9.17) is 16.6 Å². The zero-order valence-electron chi connectivity index (χ0n) is 12.2. The molecule has 112 valence electrons. The van der Waals surface area contributed by atoms with Crippen molar-refractivity contribution < 1.29 is 0 Å². The highest BCUT2D eigenvalue weighted by Crippen LogP contribution is 2.23. The van der Waals surface area contributed by atoms with Gasteiger partial charge in [-0.15, -0.1) is 0 Å². The Kier molecular flexibility index (Phi) is 3.48. The van der Waals surface area contributed by atoms with E-state index in [1.54, 1.807) is 0 Å². The summed E-state index contributed by atoms with van der Waals surface area (Å²) in [4.78, 5) is 7.14. The highest BCUT2D eigenvalue weighted by molar-refractivity contribution is 6.30. The molecule has 2 aromatic heterocycles. The Bertz CT molecular complexity index is 788. The SMILES string of the molecule is Clc1ccc(-c2cn3ccc(N4CCNCC4)cc3n2)cc1. The van der Waals surface area contributed by atoms with E-state index in [1.807, 2.05) is 24.3 Å². The van der Waals surface area contributed by atoms with Gasteiger partial charge in [-0.05, 0) is 18.2 Å². The number of benzene rings is 1. The van der Waals surface area contributed by atoms with Gasteiger partial charge < -0.3 is 14.6 Å². The second-order valence-electron chi connectivity index (χ2n) is 5.52. The Balaban J connectivity index is 1.69. The molecular weight excluding hydrogens is 296 g/mol. The van der Waals surface area contributed by atoms with Gasteiger partial charge in [-0.1, -0.05) is 23.7 Å². The molecule has 1 N–H and O–H groups in total. The van der Waals surface area contributed by atoms with Crippen molar-refractivity contribution in [3.8, 4) is 11.3 Å². The van der Waals surface area contributed by atoms with E-state index < -0.39 is 0 Å². The molecule has 3 aromatic rings. The molecule has 0 amide bonds. The van der Waals surface area contributed by atoms with Crippen LogP contribution in [0.5, 0.6) is 0 Å². The van der Waals surface area contributed by atoms with Crippen molar-refractivity contribution in [2.24, 2.45) is 0 Å². The van der Waals surface area contributed by atoms with Crippen LogP contribution in [0.25, 0.3) is 16.9 Å². The average molecular weight is 313 g/mol. The minimum Gasteiger partial charge on any atom is -0.369 e. The number of pyridine rings is 1. The van der Waals surface area contributed by atoms with Crippen molar-refractivity contribution in [3.05, 3.63) is 53.8 Å². The summed E-state index contributed by atoms with van der Waals surface area (Å²) in [5.74, 6) is 0. The zero-order valence-corrected chi connectivity index (χ0v) is 12.9. The summed E-state index contributed by atoms with van der Waals surface area (Å²) < 4.78 is 2.07. The Morgan fingerprint density at radius 1 is 1.05 bits per heavy atom. The minimum atomic E-state index is 0.744. The van der Waals surface area contributed by atoms with Crippen molar-refractivity contribution in [3.63, 3.8) is 0 Å². The lowest BCUT2D eigenvalue weighted by Crippen LogP contribution is -2.43. The summed E-state index contributed by atoms with van der Waals surface area (Å²) in [5.41, 5.74) is 4.26. The summed E-state index contributed by atoms with van der Waals surface area (Å²) in [6, 6.07) is 12.1. The van der Waals surface area contributed by atoms with Crippen molar-refractivity contribution in [2.45, 2.75) is 0 Å². The van der Waals surface area contributed by atoms with Crippen LogP contribution in [-0.4, -0.2) is 35.6 Å². The van der Waals surface area contributed by atoms with Crippen molar-refractivity contribution in [1.82, 2.24) is 14.7 Å². The zero-order chi connectivity index (χ0) is 14.9. The molecule has 0 saturated carbocycles. The maximum absolute atomic E-state index is 5.95. The predicted octanol–water partition coefficient (Wildman–Crippen LogP) is 3.06. The fraction of sp³-hybridized carbons (Fsp3) is 0.235. The van der Waals surface area contributed by atoms with Gasteiger partial charge in [-0.25, -0.2) is 4.98 Å². The van der Waals surface area contributed by atoms with Crippen LogP contribution in [0.2, 0.25) is 5.02 Å². The first-order valence-electron chi connectivity index (χ1n) is 7.50. The van der Waals surface area contributed by atoms with Crippen LogP contribution in [-0.2, 0) is 0 Å². The van der Waals surface area contributed by atoms with Gasteiger partial charge in [-0.2, -0.15) is 0 Å². The molecule has 3 heterocycles. The third-order valence-corrected chi connectivity index (χ3v) is 4.32. The van der Waals surface area contributed by atoms with E-state index in [9.17, 15) is 0 Å². The number of hydrogen-bond donors (Lipinski definition) is 1. The molecule has 0 unspecified atom stereocenters. The number of imidazole rings is 1. The molecule has 4 nitrogen and oxygen atoms in total. The second-order valence-corrected chi connectivity index (χ2v) is 5.96. The third-order valence-electron chi connectivity index (χ3n) is 4.07. The Morgan fingerprint density at radius 3 is 2.59 bits per heavy atom. The van der Waals surface area contributed by atoms with Crippen LogP contribution in [0, 0.1) is 0 Å². The van der Waals surface area contributed by atoms with Crippen LogP contribution in [0.4, 0.5) is 5.69 Å². The topological polar surface area (TPSA) is 32.6 Å². The second kappa shape index (κ2) is 5.63. The maximum atomic E-state index is 5.95. The lowest BCUT2D eigenvalue weighted by Gasteiger charge is -2.29. The Hall–Kier alpha value is -2.04. The van der Waals surface area contributed by atoms with Gasteiger partial charge in [0.2, 0.25) is 0 Å². The van der Waals surface area contributed by atoms with Crippen molar-refractivity contribution in [2.75, 3.05) is 31.1 Å². The average Bonchev–Trinajstić information content (AvgIpc) is 2.99. The van der Waals surface area contributed by atoms with E-state index in [-0.39, 0.29) is 0 Å². The van der Waals surface area contributed by atoms with E-state index in [0.29, 0.717) is 0 Å². The smallest absolute Gasteiger partial charge is 0.139 e. The summed E-state index contributed by atoms with van der Waals surface area (Å²) >= 11 is 5.95. The molecule has 5 heteroatoms. The number of nitrogens with zero attached hydrogens (tertiary/aromatic N) is 3. The summed E-state index contributed by atoms with van der Waals surface area (Å²) in [5, 5.41) is 4.12. The highest BCUT2D eigenvalue weighted by Gasteiger charge is 2.12. The summed E-state index contributed by atoms with van der Waals surface area (Å²) in [6.45, 7) is 4.16. The Labute approximate surface area is 134 Å². The first kappa shape index (κ1) is 13.6. The molecule has 0 radical (unpaired) electrons. The normalized spacial score (nSPS) is 15.4. The van der Waals surface area contributed by atoms with Crippen molar-refractivity contribution in [1.29, 1.82) is 0 Å². The number of hydrogen-bond acceptors (Lipinski definition) is 3. The molecule has 22 heavy (non-hydrogen) atoms. The fourth-order valence-electron chi connectivity index (χ4n) is 2.85. The minimum absolute atomic E-state index is 0.744. The van der Waals surface area contributed by atoms with Crippen molar-refractivity contribution >= 4 is 22.9 Å². The van der Waals surface area contributed by atoms with Gasteiger partial charge in [0.1, 0.15) is 5.65 Å². The van der Waals surface area contributed by atoms with E-state index in [1.165, 1.54) is 5.69 Å². The number of rotatable bonds is 2. The first-order valence-corrected chi connectivity index (χ1v) is 7.88. The molecule has 4 rings (SSSR count). The van der Waals surface area contributed by atoms with E-state index >= 15 is 0 Å². The fourth-order valence-corrected chi connectivity index (χ4v) is 2.98. The molecule has 1 aromatic carbocycles. The third kappa shape index (κ3) is 2.56. The quantitative estimate of drug-likeness (QED) is 0.789. The Morgan fingerprint density at radius 2 is 1.82 bits per heavy atom. The highest BCUT2D eigenvalue weighted by atomic mass is 35.5. The number of nitrogens with one attached hydrogen (secondary N) is 1. The molecular formula is C17H17ClN4. The molecule has 0 bridgehead atoms. The van der Waals surface area contributed by atoms with Gasteiger partial charge >= 0.3 is 0 Å². The largest absolute Gasteiger partial charge is 0.369 e. The molecule has 0 atom stereocenters. The van der Waals surface area contributed by atoms with E-state index in [2.05, 4.69) is 39.1 Å². The number of piperazine rings is 1. The van der Waals surface area contributed by atoms with Crippen LogP contribution in [0.1, 0.15) is 0 Å². The van der Waals surface area contributed by atoms with Gasteiger partial charge in [-0.3, -0.25) is 0 Å². The molecule has 1 aliphatic rings. The summed E-state index contributed by atoms with van der Waals surface area (Å²) in [7, 11) is 0. The van der Waals surface area contributed by atoms with Gasteiger partial charge in [0.25, 0.3) is 0 Å². The van der Waals surface area contributed by atoms with Gasteiger partial charge in [0, 0.05) is 60.9 Å². The van der Waals surface area contributed by atoms with Gasteiger partial charge in [0.05, 0.1) is 5.69 Å². The number of halogens is 1. The first-order chi connectivity index (χ1) is 10.8. The van der Waals surface area contributed by atoms with Crippen LogP contribution >= 0.6 is 11.6 Å². The maximum Gasteiger partial charge on any atom is 0.139 e. The van der Waals surface area contributed by atoms with Crippen LogP contribution in [0.15, 0.2) is 48.8 Å². The molecule has 1 aliphatic heterocycles. The van der Waals surface area contributed by atoms with E-state index in [0.717, 1.165) is 48.1 Å². The van der Waals surface area contributed by atoms with Crippen LogP contribution in [0.3, 0.4) is 0 Å². The molecule has 1 saturated heterocycles. The number of fused-ring (bicyclic) bond motifs is 1. The molecule has 1 fully saturated rings. The number of aromatic nitrogens is 2. The monoisotopic (exact) mass is 312 g/mol. The molecule has 0 aliphatic carbocycles. The van der Waals surface area contributed by atoms with Crippen LogP contribution < -0.4 is 10.2 Å². The standard InChI is InChI=1S/C17H17ClN4/c18-14-3-1-13(2-4-14)16-12-22-8-5-15(11-17(22)20-16)21-9-6-19-7-10-21/h1-5,8,11-12,19H,6-7,9-10H2. The molecule has 0 spiro atoms. The summed E-state index contributed by atoms with van der Waals surface area (Å²) in [6.07, 6.45) is 4.14.